The minimum atomic E-state index is -0.277. The fourth-order valence-corrected chi connectivity index (χ4v) is 2.67. The summed E-state index contributed by atoms with van der Waals surface area (Å²) in [5, 5.41) is 6.19. The molecule has 1 amide bonds. The van der Waals surface area contributed by atoms with Gasteiger partial charge in [0.1, 0.15) is 11.4 Å². The Morgan fingerprint density at radius 2 is 1.85 bits per heavy atom. The molecule has 2 aromatic carbocycles. The van der Waals surface area contributed by atoms with Crippen molar-refractivity contribution in [3.8, 4) is 5.75 Å². The van der Waals surface area contributed by atoms with Crippen LogP contribution in [-0.4, -0.2) is 17.5 Å². The van der Waals surface area contributed by atoms with Crippen LogP contribution in [0.3, 0.4) is 0 Å². The van der Waals surface area contributed by atoms with E-state index in [4.69, 9.17) is 4.74 Å². The van der Waals surface area contributed by atoms with Crippen LogP contribution in [0.25, 0.3) is 0 Å². The Hall–Kier alpha value is -3.34. The van der Waals surface area contributed by atoms with Gasteiger partial charge < -0.3 is 15.4 Å². The topological polar surface area (TPSA) is 63.2 Å². The van der Waals surface area contributed by atoms with Crippen molar-refractivity contribution in [2.45, 2.75) is 20.8 Å². The van der Waals surface area contributed by atoms with Crippen molar-refractivity contribution in [2.75, 3.05) is 17.2 Å². The van der Waals surface area contributed by atoms with Crippen LogP contribution in [0.15, 0.2) is 60.8 Å². The average molecular weight is 361 g/mol. The second-order valence-electron chi connectivity index (χ2n) is 6.26. The van der Waals surface area contributed by atoms with Crippen molar-refractivity contribution >= 4 is 23.0 Å². The van der Waals surface area contributed by atoms with Gasteiger partial charge in [0.25, 0.3) is 5.91 Å². The van der Waals surface area contributed by atoms with E-state index in [1.807, 2.05) is 38.1 Å². The molecular formula is C22H23N3O2. The second-order valence-corrected chi connectivity index (χ2v) is 6.26. The van der Waals surface area contributed by atoms with Crippen LogP contribution < -0.4 is 15.4 Å². The normalized spacial score (nSPS) is 10.3. The molecule has 0 aliphatic rings. The number of ether oxygens (including phenoxy) is 1. The Morgan fingerprint density at radius 3 is 2.59 bits per heavy atom. The van der Waals surface area contributed by atoms with Crippen LogP contribution >= 0.6 is 0 Å². The van der Waals surface area contributed by atoms with Crippen molar-refractivity contribution in [3.63, 3.8) is 0 Å². The number of para-hydroxylation sites is 2. The van der Waals surface area contributed by atoms with Crippen LogP contribution in [0.4, 0.5) is 17.1 Å². The van der Waals surface area contributed by atoms with E-state index in [1.165, 1.54) is 5.56 Å². The van der Waals surface area contributed by atoms with Gasteiger partial charge in [-0.15, -0.1) is 0 Å². The van der Waals surface area contributed by atoms with Crippen LogP contribution in [0.2, 0.25) is 0 Å². The molecule has 3 rings (SSSR count). The largest absolute Gasteiger partial charge is 0.492 e. The molecule has 1 heterocycles. The number of pyridine rings is 1. The molecule has 138 valence electrons. The fraction of sp³-hybridized carbons (Fsp3) is 0.182. The van der Waals surface area contributed by atoms with Crippen molar-refractivity contribution in [1.82, 2.24) is 4.98 Å². The summed E-state index contributed by atoms with van der Waals surface area (Å²) in [6.45, 7) is 6.54. The summed E-state index contributed by atoms with van der Waals surface area (Å²) in [5.41, 5.74) is 5.15. The molecule has 0 saturated heterocycles. The zero-order valence-corrected chi connectivity index (χ0v) is 15.7. The van der Waals surface area contributed by atoms with E-state index in [1.54, 1.807) is 18.3 Å². The molecule has 0 aliphatic heterocycles. The first-order valence-corrected chi connectivity index (χ1v) is 8.90. The van der Waals surface area contributed by atoms with Gasteiger partial charge in [0.15, 0.2) is 0 Å². The van der Waals surface area contributed by atoms with Crippen LogP contribution in [-0.2, 0) is 0 Å². The minimum absolute atomic E-state index is 0.277. The van der Waals surface area contributed by atoms with E-state index in [0.717, 1.165) is 16.9 Å². The number of hydrogen-bond acceptors (Lipinski definition) is 4. The zero-order chi connectivity index (χ0) is 19.2. The van der Waals surface area contributed by atoms with Crippen molar-refractivity contribution in [2.24, 2.45) is 0 Å². The smallest absolute Gasteiger partial charge is 0.274 e. The third kappa shape index (κ3) is 4.64. The van der Waals surface area contributed by atoms with Crippen molar-refractivity contribution < 1.29 is 9.53 Å². The highest BCUT2D eigenvalue weighted by Gasteiger charge is 2.11. The quantitative estimate of drug-likeness (QED) is 0.642. The lowest BCUT2D eigenvalue weighted by Crippen LogP contribution is -2.14. The molecule has 0 atom stereocenters. The highest BCUT2D eigenvalue weighted by Crippen LogP contribution is 2.25. The number of amides is 1. The molecule has 0 bridgehead atoms. The van der Waals surface area contributed by atoms with Crippen molar-refractivity contribution in [3.05, 3.63) is 77.6 Å². The van der Waals surface area contributed by atoms with E-state index in [2.05, 4.69) is 40.7 Å². The first-order chi connectivity index (χ1) is 13.1. The summed E-state index contributed by atoms with van der Waals surface area (Å²) in [6, 6.07) is 17.1. The van der Waals surface area contributed by atoms with Gasteiger partial charge in [0, 0.05) is 5.69 Å². The lowest BCUT2D eigenvalue weighted by molar-refractivity contribution is 0.102. The van der Waals surface area contributed by atoms with Crippen LogP contribution in [0, 0.1) is 13.8 Å². The first-order valence-electron chi connectivity index (χ1n) is 8.90. The van der Waals surface area contributed by atoms with E-state index in [9.17, 15) is 4.79 Å². The average Bonchev–Trinajstić information content (AvgIpc) is 2.67. The van der Waals surface area contributed by atoms with Gasteiger partial charge in [0.05, 0.1) is 24.2 Å². The zero-order valence-electron chi connectivity index (χ0n) is 15.7. The third-order valence-electron chi connectivity index (χ3n) is 4.10. The first kappa shape index (κ1) is 18.5. The number of aromatic nitrogens is 1. The van der Waals surface area contributed by atoms with Gasteiger partial charge in [0.2, 0.25) is 0 Å². The molecule has 27 heavy (non-hydrogen) atoms. The Balaban J connectivity index is 1.71. The second kappa shape index (κ2) is 8.36. The number of rotatable bonds is 6. The Bertz CT molecular complexity index is 937. The molecule has 0 radical (unpaired) electrons. The Labute approximate surface area is 159 Å². The lowest BCUT2D eigenvalue weighted by Gasteiger charge is -2.12. The molecule has 2 N–H and O–H groups in total. The van der Waals surface area contributed by atoms with Gasteiger partial charge in [-0.2, -0.15) is 0 Å². The van der Waals surface area contributed by atoms with Crippen LogP contribution in [0.1, 0.15) is 28.5 Å². The number of benzene rings is 2. The standard InChI is InChI=1S/C22H23N3O2/c1-4-27-21-8-6-5-7-18(21)25-22(26)19-12-11-17(14-23-19)24-20-13-15(2)9-10-16(20)3/h5-14,24H,4H2,1-3H3,(H,25,26). The van der Waals surface area contributed by atoms with Crippen molar-refractivity contribution in [1.29, 1.82) is 0 Å². The predicted molar refractivity (Wildman–Crippen MR) is 109 cm³/mol. The number of nitrogens with zero attached hydrogens (tertiary/aromatic N) is 1. The van der Waals surface area contributed by atoms with Gasteiger partial charge in [-0.05, 0) is 62.2 Å². The van der Waals surface area contributed by atoms with Gasteiger partial charge in [-0.1, -0.05) is 24.3 Å². The number of carbonyl (C=O) groups excluding carboxylic acids is 1. The lowest BCUT2D eigenvalue weighted by atomic mass is 10.1. The number of carbonyl (C=O) groups is 1. The molecule has 1 aromatic heterocycles. The Morgan fingerprint density at radius 1 is 1.04 bits per heavy atom. The maximum absolute atomic E-state index is 12.5. The summed E-state index contributed by atoms with van der Waals surface area (Å²) >= 11 is 0. The van der Waals surface area contributed by atoms with Gasteiger partial charge >= 0.3 is 0 Å². The molecule has 0 spiro atoms. The van der Waals surface area contributed by atoms with Crippen LogP contribution in [0.5, 0.6) is 5.75 Å². The summed E-state index contributed by atoms with van der Waals surface area (Å²) in [5.74, 6) is 0.363. The highest BCUT2D eigenvalue weighted by molar-refractivity contribution is 6.03. The van der Waals surface area contributed by atoms with E-state index >= 15 is 0 Å². The SMILES string of the molecule is CCOc1ccccc1NC(=O)c1ccc(Nc2cc(C)ccc2C)cn1. The summed E-state index contributed by atoms with van der Waals surface area (Å²) < 4.78 is 5.53. The maximum atomic E-state index is 12.5. The maximum Gasteiger partial charge on any atom is 0.274 e. The third-order valence-corrected chi connectivity index (χ3v) is 4.10. The van der Waals surface area contributed by atoms with E-state index < -0.39 is 0 Å². The highest BCUT2D eigenvalue weighted by atomic mass is 16.5. The number of anilines is 3. The molecule has 0 saturated carbocycles. The van der Waals surface area contributed by atoms with Gasteiger partial charge in [-0.25, -0.2) is 4.98 Å². The molecular weight excluding hydrogens is 338 g/mol. The monoisotopic (exact) mass is 361 g/mol. The molecule has 0 fully saturated rings. The Kier molecular flexibility index (Phi) is 5.71. The molecule has 0 aliphatic carbocycles. The number of hydrogen-bond donors (Lipinski definition) is 2. The van der Waals surface area contributed by atoms with E-state index in [-0.39, 0.29) is 5.91 Å². The molecule has 3 aromatic rings. The predicted octanol–water partition coefficient (Wildman–Crippen LogP) is 5.09. The molecule has 5 nitrogen and oxygen atoms in total. The minimum Gasteiger partial charge on any atom is -0.492 e. The van der Waals surface area contributed by atoms with Gasteiger partial charge in [-0.3, -0.25) is 4.79 Å². The number of nitrogens with one attached hydrogen (secondary N) is 2. The number of aryl methyl sites for hydroxylation is 2. The summed E-state index contributed by atoms with van der Waals surface area (Å²) in [4.78, 5) is 16.8. The molecule has 0 unspecified atom stereocenters. The summed E-state index contributed by atoms with van der Waals surface area (Å²) in [7, 11) is 0. The fourth-order valence-electron chi connectivity index (χ4n) is 2.67. The van der Waals surface area contributed by atoms with E-state index in [0.29, 0.717) is 23.7 Å². The summed E-state index contributed by atoms with van der Waals surface area (Å²) in [6.07, 6.45) is 1.66. The molecule has 5 heteroatoms.